The molecule has 0 atom stereocenters. The van der Waals surface area contributed by atoms with Crippen molar-refractivity contribution in [3.05, 3.63) is 102 Å². The van der Waals surface area contributed by atoms with E-state index in [0.29, 0.717) is 48.1 Å². The van der Waals surface area contributed by atoms with Gasteiger partial charge in [-0.25, -0.2) is 4.39 Å². The van der Waals surface area contributed by atoms with Gasteiger partial charge in [-0.1, -0.05) is 48.5 Å². The Kier molecular flexibility index (Phi) is 8.06. The second-order valence-electron chi connectivity index (χ2n) is 8.91. The van der Waals surface area contributed by atoms with E-state index in [2.05, 4.69) is 20.6 Å². The molecule has 0 spiro atoms. The Morgan fingerprint density at radius 3 is 1.95 bits per heavy atom. The number of hydrogen-bond donors (Lipinski definition) is 2. The molecule has 0 saturated carbocycles. The number of thiocarbonyl (C=S) groups is 1. The maximum atomic E-state index is 13.6. The number of aromatic nitrogens is 2. The van der Waals surface area contributed by atoms with E-state index >= 15 is 0 Å². The monoisotopic (exact) mass is 530 g/mol. The molecule has 0 radical (unpaired) electrons. The van der Waals surface area contributed by atoms with E-state index in [4.69, 9.17) is 26.4 Å². The molecule has 38 heavy (non-hydrogen) atoms. The van der Waals surface area contributed by atoms with E-state index in [0.717, 1.165) is 18.4 Å². The van der Waals surface area contributed by atoms with Crippen LogP contribution in [0.1, 0.15) is 18.4 Å². The SMILES string of the molecule is Fc1ccc(C2(CNC(=S)Nc3nc(Oc4ccccc4)cc(Oc4ccccc4)n3)CCOCC2)cc1. The van der Waals surface area contributed by atoms with Gasteiger partial charge in [0.05, 0.1) is 6.07 Å². The van der Waals surface area contributed by atoms with Gasteiger partial charge in [0, 0.05) is 25.2 Å². The summed E-state index contributed by atoms with van der Waals surface area (Å²) in [5.74, 6) is 1.83. The van der Waals surface area contributed by atoms with Crippen molar-refractivity contribution in [2.75, 3.05) is 25.1 Å². The van der Waals surface area contributed by atoms with Gasteiger partial charge >= 0.3 is 0 Å². The molecule has 1 aliphatic rings. The van der Waals surface area contributed by atoms with Crippen LogP contribution in [0.5, 0.6) is 23.3 Å². The van der Waals surface area contributed by atoms with Crippen LogP contribution in [0.15, 0.2) is 91.0 Å². The third kappa shape index (κ3) is 6.62. The zero-order valence-electron chi connectivity index (χ0n) is 20.6. The Morgan fingerprint density at radius 2 is 1.39 bits per heavy atom. The first-order valence-electron chi connectivity index (χ1n) is 12.3. The van der Waals surface area contributed by atoms with Gasteiger partial charge in [0.25, 0.3) is 0 Å². The summed E-state index contributed by atoms with van der Waals surface area (Å²) in [6.07, 6.45) is 1.58. The highest BCUT2D eigenvalue weighted by Gasteiger charge is 2.34. The lowest BCUT2D eigenvalue weighted by Crippen LogP contribution is -2.45. The van der Waals surface area contributed by atoms with E-state index in [1.54, 1.807) is 6.07 Å². The van der Waals surface area contributed by atoms with Gasteiger partial charge in [-0.3, -0.25) is 0 Å². The Labute approximate surface area is 226 Å². The summed E-state index contributed by atoms with van der Waals surface area (Å²) in [6, 6.07) is 26.9. The standard InChI is InChI=1S/C29H27FN4O3S/c30-22-13-11-21(12-14-22)29(15-17-35-18-16-29)20-31-28(38)34-27-32-25(36-23-7-3-1-4-8-23)19-26(33-27)37-24-9-5-2-6-10-24/h1-14,19H,15-18,20H2,(H2,31,32,33,34,38). The second-order valence-corrected chi connectivity index (χ2v) is 9.31. The minimum Gasteiger partial charge on any atom is -0.439 e. The van der Waals surface area contributed by atoms with Gasteiger partial charge in [-0.15, -0.1) is 0 Å². The molecule has 0 amide bonds. The molecule has 3 aromatic carbocycles. The fourth-order valence-corrected chi connectivity index (χ4v) is 4.47. The van der Waals surface area contributed by atoms with Crippen molar-refractivity contribution in [1.29, 1.82) is 0 Å². The fourth-order valence-electron chi connectivity index (χ4n) is 4.31. The smallest absolute Gasteiger partial charge is 0.235 e. The summed E-state index contributed by atoms with van der Waals surface area (Å²) in [4.78, 5) is 8.95. The Balaban J connectivity index is 1.32. The van der Waals surface area contributed by atoms with Crippen LogP contribution in [0.3, 0.4) is 0 Å². The van der Waals surface area contributed by atoms with E-state index in [-0.39, 0.29) is 17.2 Å². The van der Waals surface area contributed by atoms with Crippen LogP contribution in [0.25, 0.3) is 0 Å². The second kappa shape index (κ2) is 12.0. The van der Waals surface area contributed by atoms with Crippen LogP contribution in [-0.4, -0.2) is 34.8 Å². The third-order valence-corrected chi connectivity index (χ3v) is 6.58. The molecule has 1 aromatic heterocycles. The molecule has 7 nitrogen and oxygen atoms in total. The number of nitrogens with zero attached hydrogens (tertiary/aromatic N) is 2. The maximum absolute atomic E-state index is 13.6. The van der Waals surface area contributed by atoms with Crippen LogP contribution >= 0.6 is 12.2 Å². The zero-order valence-corrected chi connectivity index (χ0v) is 21.4. The van der Waals surface area contributed by atoms with Crippen molar-refractivity contribution < 1.29 is 18.6 Å². The van der Waals surface area contributed by atoms with Crippen LogP contribution < -0.4 is 20.1 Å². The van der Waals surface area contributed by atoms with Crippen LogP contribution in [0, 0.1) is 5.82 Å². The summed E-state index contributed by atoms with van der Waals surface area (Å²) >= 11 is 5.60. The minimum atomic E-state index is -0.260. The Morgan fingerprint density at radius 1 is 0.842 bits per heavy atom. The average molecular weight is 531 g/mol. The van der Waals surface area contributed by atoms with Crippen LogP contribution in [0.4, 0.5) is 10.3 Å². The number of hydrogen-bond acceptors (Lipinski definition) is 6. The van der Waals surface area contributed by atoms with Crippen LogP contribution in [0.2, 0.25) is 0 Å². The maximum Gasteiger partial charge on any atom is 0.235 e. The highest BCUT2D eigenvalue weighted by Crippen LogP contribution is 2.34. The first-order valence-corrected chi connectivity index (χ1v) is 12.7. The lowest BCUT2D eigenvalue weighted by Gasteiger charge is -2.38. The number of benzene rings is 3. The molecule has 2 N–H and O–H groups in total. The van der Waals surface area contributed by atoms with E-state index < -0.39 is 0 Å². The molecular formula is C29H27FN4O3S. The number of ether oxygens (including phenoxy) is 3. The van der Waals surface area contributed by atoms with Crippen molar-refractivity contribution in [3.63, 3.8) is 0 Å². The molecule has 0 unspecified atom stereocenters. The number of halogens is 1. The molecule has 5 rings (SSSR count). The topological polar surface area (TPSA) is 77.5 Å². The number of para-hydroxylation sites is 2. The molecule has 0 bridgehead atoms. The normalized spacial score (nSPS) is 14.3. The molecule has 194 valence electrons. The Hall–Kier alpha value is -4.08. The summed E-state index contributed by atoms with van der Waals surface area (Å²) in [5, 5.41) is 6.71. The highest BCUT2D eigenvalue weighted by atomic mass is 32.1. The zero-order chi connectivity index (χ0) is 26.2. The lowest BCUT2D eigenvalue weighted by atomic mass is 9.74. The summed E-state index contributed by atoms with van der Waals surface area (Å²) < 4.78 is 31.0. The summed E-state index contributed by atoms with van der Waals surface area (Å²) in [6.45, 7) is 1.80. The van der Waals surface area contributed by atoms with Gasteiger partial charge in [-0.2, -0.15) is 9.97 Å². The fraction of sp³-hybridized carbons (Fsp3) is 0.207. The highest BCUT2D eigenvalue weighted by molar-refractivity contribution is 7.80. The first kappa shape index (κ1) is 25.6. The van der Waals surface area contributed by atoms with Crippen molar-refractivity contribution >= 4 is 23.3 Å². The molecular weight excluding hydrogens is 503 g/mol. The van der Waals surface area contributed by atoms with Crippen molar-refractivity contribution in [1.82, 2.24) is 15.3 Å². The predicted molar refractivity (Wildman–Crippen MR) is 147 cm³/mol. The number of nitrogens with one attached hydrogen (secondary N) is 2. The van der Waals surface area contributed by atoms with E-state index in [1.807, 2.05) is 72.8 Å². The lowest BCUT2D eigenvalue weighted by molar-refractivity contribution is 0.0515. The number of anilines is 1. The van der Waals surface area contributed by atoms with Crippen molar-refractivity contribution in [2.45, 2.75) is 18.3 Å². The minimum absolute atomic E-state index is 0.227. The molecule has 1 saturated heterocycles. The van der Waals surface area contributed by atoms with Crippen molar-refractivity contribution in [2.24, 2.45) is 0 Å². The molecule has 9 heteroatoms. The van der Waals surface area contributed by atoms with Gasteiger partial charge < -0.3 is 24.8 Å². The van der Waals surface area contributed by atoms with Crippen molar-refractivity contribution in [3.8, 4) is 23.3 Å². The molecule has 4 aromatic rings. The molecule has 1 fully saturated rings. The molecule has 0 aliphatic carbocycles. The van der Waals surface area contributed by atoms with Gasteiger partial charge in [-0.05, 0) is 67.0 Å². The quantitative estimate of drug-likeness (QED) is 0.260. The predicted octanol–water partition coefficient (Wildman–Crippen LogP) is 6.24. The van der Waals surface area contributed by atoms with Gasteiger partial charge in [0.15, 0.2) is 5.11 Å². The summed E-state index contributed by atoms with van der Waals surface area (Å²) in [7, 11) is 0. The average Bonchev–Trinajstić information content (AvgIpc) is 2.94. The number of rotatable bonds is 8. The summed E-state index contributed by atoms with van der Waals surface area (Å²) in [5.41, 5.74) is 0.809. The van der Waals surface area contributed by atoms with Crippen LogP contribution in [-0.2, 0) is 10.2 Å². The van der Waals surface area contributed by atoms with E-state index in [9.17, 15) is 4.39 Å². The molecule has 2 heterocycles. The van der Waals surface area contributed by atoms with Gasteiger partial charge in [0.1, 0.15) is 17.3 Å². The Bertz CT molecular complexity index is 1290. The third-order valence-electron chi connectivity index (χ3n) is 6.33. The van der Waals surface area contributed by atoms with Gasteiger partial charge in [0.2, 0.25) is 17.7 Å². The van der Waals surface area contributed by atoms with E-state index in [1.165, 1.54) is 12.1 Å². The first-order chi connectivity index (χ1) is 18.6. The largest absolute Gasteiger partial charge is 0.439 e. The molecule has 1 aliphatic heterocycles.